The molecule has 0 amide bonds. The summed E-state index contributed by atoms with van der Waals surface area (Å²) >= 11 is 0. The van der Waals surface area contributed by atoms with Gasteiger partial charge >= 0.3 is 0 Å². The molecule has 0 unspecified atom stereocenters. The molecule has 0 atom stereocenters. The van der Waals surface area contributed by atoms with Crippen LogP contribution in [-0.4, -0.2) is 25.1 Å². The molecule has 0 bridgehead atoms. The number of ether oxygens (including phenoxy) is 1. The van der Waals surface area contributed by atoms with Crippen molar-refractivity contribution in [2.75, 3.05) is 20.2 Å². The van der Waals surface area contributed by atoms with Crippen molar-refractivity contribution < 1.29 is 4.74 Å². The van der Waals surface area contributed by atoms with Gasteiger partial charge < -0.3 is 4.74 Å². The second kappa shape index (κ2) is 8.51. The Morgan fingerprint density at radius 3 is 2.38 bits per heavy atom. The number of likely N-dealkylation sites (tertiary alicyclic amines) is 1. The minimum Gasteiger partial charge on any atom is -0.497 e. The van der Waals surface area contributed by atoms with Gasteiger partial charge in [-0.15, -0.1) is 0 Å². The van der Waals surface area contributed by atoms with Crippen molar-refractivity contribution in [2.45, 2.75) is 24.8 Å². The Kier molecular flexibility index (Phi) is 5.64. The van der Waals surface area contributed by atoms with Gasteiger partial charge in [0.15, 0.2) is 0 Å². The van der Waals surface area contributed by atoms with Gasteiger partial charge in [-0.2, -0.15) is 5.26 Å². The Morgan fingerprint density at radius 2 is 1.66 bits per heavy atom. The first kappa shape index (κ1) is 19.2. The fourth-order valence-electron chi connectivity index (χ4n) is 4.57. The molecule has 3 nitrogen and oxygen atoms in total. The van der Waals surface area contributed by atoms with E-state index in [-0.39, 0.29) is 5.41 Å². The fraction of sp³-hybridized carbons (Fsp3) is 0.269. The average molecular weight is 383 g/mol. The van der Waals surface area contributed by atoms with Gasteiger partial charge in [-0.1, -0.05) is 60.7 Å². The topological polar surface area (TPSA) is 36.3 Å². The monoisotopic (exact) mass is 382 g/mol. The summed E-state index contributed by atoms with van der Waals surface area (Å²) < 4.78 is 5.51. The molecule has 4 rings (SSSR count). The lowest BCUT2D eigenvalue weighted by molar-refractivity contribution is 0.172. The van der Waals surface area contributed by atoms with Crippen LogP contribution in [0.4, 0.5) is 0 Å². The van der Waals surface area contributed by atoms with Crippen molar-refractivity contribution in [3.05, 3.63) is 101 Å². The van der Waals surface area contributed by atoms with E-state index in [1.54, 1.807) is 7.11 Å². The highest BCUT2D eigenvalue weighted by atomic mass is 16.5. The Balaban J connectivity index is 1.68. The molecule has 0 N–H and O–H groups in total. The van der Waals surface area contributed by atoms with Crippen molar-refractivity contribution in [3.8, 4) is 11.8 Å². The molecular weight excluding hydrogens is 356 g/mol. The number of nitrogens with zero attached hydrogens (tertiary/aromatic N) is 2. The lowest BCUT2D eigenvalue weighted by Crippen LogP contribution is -2.43. The first-order valence-electron chi connectivity index (χ1n) is 10.2. The van der Waals surface area contributed by atoms with Crippen LogP contribution in [0.15, 0.2) is 78.9 Å². The van der Waals surface area contributed by atoms with Crippen LogP contribution in [-0.2, 0) is 12.0 Å². The second-order valence-electron chi connectivity index (χ2n) is 7.73. The van der Waals surface area contributed by atoms with Crippen molar-refractivity contribution in [1.82, 2.24) is 4.90 Å². The molecule has 3 aromatic carbocycles. The van der Waals surface area contributed by atoms with Crippen LogP contribution in [0.3, 0.4) is 0 Å². The summed E-state index contributed by atoms with van der Waals surface area (Å²) in [5.74, 6) is 0.864. The Morgan fingerprint density at radius 1 is 0.931 bits per heavy atom. The Bertz CT molecular complexity index is 998. The fourth-order valence-corrected chi connectivity index (χ4v) is 4.57. The van der Waals surface area contributed by atoms with Crippen LogP contribution in [0.2, 0.25) is 0 Å². The third kappa shape index (κ3) is 3.90. The maximum absolute atomic E-state index is 9.77. The summed E-state index contributed by atoms with van der Waals surface area (Å²) in [4.78, 5) is 2.52. The van der Waals surface area contributed by atoms with Crippen molar-refractivity contribution in [3.63, 3.8) is 0 Å². The van der Waals surface area contributed by atoms with Crippen LogP contribution in [0.5, 0.6) is 5.75 Å². The number of benzene rings is 3. The van der Waals surface area contributed by atoms with Crippen LogP contribution in [0.1, 0.15) is 35.1 Å². The first-order chi connectivity index (χ1) is 14.2. The number of piperidine rings is 1. The van der Waals surface area contributed by atoms with Crippen LogP contribution >= 0.6 is 0 Å². The van der Waals surface area contributed by atoms with E-state index in [1.165, 1.54) is 11.1 Å². The predicted octanol–water partition coefficient (Wildman–Crippen LogP) is 5.15. The predicted molar refractivity (Wildman–Crippen MR) is 116 cm³/mol. The van der Waals surface area contributed by atoms with E-state index in [9.17, 15) is 5.26 Å². The molecule has 1 aliphatic heterocycles. The van der Waals surface area contributed by atoms with E-state index < -0.39 is 0 Å². The molecule has 29 heavy (non-hydrogen) atoms. The highest BCUT2D eigenvalue weighted by Gasteiger charge is 2.39. The minimum absolute atomic E-state index is 0.173. The highest BCUT2D eigenvalue weighted by molar-refractivity contribution is 5.50. The largest absolute Gasteiger partial charge is 0.497 e. The zero-order valence-corrected chi connectivity index (χ0v) is 16.8. The normalized spacial score (nSPS) is 16.1. The van der Waals surface area contributed by atoms with Gasteiger partial charge in [-0.05, 0) is 60.8 Å². The molecule has 0 saturated carbocycles. The summed E-state index contributed by atoms with van der Waals surface area (Å²) in [6.45, 7) is 2.95. The molecular formula is C26H26N2O. The van der Waals surface area contributed by atoms with Gasteiger partial charge in [0.05, 0.1) is 18.7 Å². The van der Waals surface area contributed by atoms with Gasteiger partial charge in [0.1, 0.15) is 5.75 Å². The standard InChI is InChI=1S/C26H26N2O/c1-29-24-12-7-11-23(18-24)26(25-13-6-5-10-22(25)19-27)14-16-28(17-15-26)20-21-8-3-2-4-9-21/h2-13,18H,14-17,20H2,1H3. The molecule has 3 aromatic rings. The highest BCUT2D eigenvalue weighted by Crippen LogP contribution is 2.44. The third-order valence-corrected chi connectivity index (χ3v) is 6.14. The van der Waals surface area contributed by atoms with Crippen molar-refractivity contribution in [2.24, 2.45) is 0 Å². The second-order valence-corrected chi connectivity index (χ2v) is 7.73. The van der Waals surface area contributed by atoms with Crippen LogP contribution < -0.4 is 4.74 Å². The van der Waals surface area contributed by atoms with Crippen LogP contribution in [0, 0.1) is 11.3 Å². The van der Waals surface area contributed by atoms with Crippen LogP contribution in [0.25, 0.3) is 0 Å². The number of hydrogen-bond donors (Lipinski definition) is 0. The van der Waals surface area contributed by atoms with Crippen molar-refractivity contribution in [1.29, 1.82) is 5.26 Å². The molecule has 0 aliphatic carbocycles. The summed E-state index contributed by atoms with van der Waals surface area (Å²) in [6.07, 6.45) is 1.96. The molecule has 1 aliphatic rings. The average Bonchev–Trinajstić information content (AvgIpc) is 2.80. The maximum atomic E-state index is 9.77. The Hall–Kier alpha value is -3.09. The summed E-state index contributed by atoms with van der Waals surface area (Å²) in [6, 6.07) is 29.5. The number of rotatable bonds is 5. The van der Waals surface area contributed by atoms with Crippen molar-refractivity contribution >= 4 is 0 Å². The third-order valence-electron chi connectivity index (χ3n) is 6.14. The van der Waals surface area contributed by atoms with Gasteiger partial charge in [0, 0.05) is 12.0 Å². The minimum atomic E-state index is -0.173. The molecule has 0 aromatic heterocycles. The van der Waals surface area contributed by atoms with Gasteiger partial charge in [-0.3, -0.25) is 4.90 Å². The van der Waals surface area contributed by atoms with E-state index in [0.29, 0.717) is 0 Å². The van der Waals surface area contributed by atoms with E-state index in [0.717, 1.165) is 49.4 Å². The van der Waals surface area contributed by atoms with Gasteiger partial charge in [-0.25, -0.2) is 0 Å². The zero-order chi connectivity index (χ0) is 20.1. The number of methoxy groups -OCH3 is 1. The zero-order valence-electron chi connectivity index (χ0n) is 16.8. The van der Waals surface area contributed by atoms with E-state index in [1.807, 2.05) is 18.2 Å². The smallest absolute Gasteiger partial charge is 0.119 e. The molecule has 146 valence electrons. The Labute approximate surface area is 173 Å². The first-order valence-corrected chi connectivity index (χ1v) is 10.2. The molecule has 0 spiro atoms. The van der Waals surface area contributed by atoms with E-state index >= 15 is 0 Å². The molecule has 1 heterocycles. The van der Waals surface area contributed by atoms with E-state index in [4.69, 9.17) is 4.74 Å². The molecule has 1 saturated heterocycles. The summed E-state index contributed by atoms with van der Waals surface area (Å²) in [5, 5.41) is 9.77. The van der Waals surface area contributed by atoms with E-state index in [2.05, 4.69) is 71.6 Å². The van der Waals surface area contributed by atoms with Gasteiger partial charge in [0.2, 0.25) is 0 Å². The molecule has 0 radical (unpaired) electrons. The SMILES string of the molecule is COc1cccc(C2(c3ccccc3C#N)CCN(Cc3ccccc3)CC2)c1. The molecule has 3 heteroatoms. The quantitative estimate of drug-likeness (QED) is 0.612. The summed E-state index contributed by atoms with van der Waals surface area (Å²) in [5.41, 5.74) is 4.31. The summed E-state index contributed by atoms with van der Waals surface area (Å²) in [7, 11) is 1.71. The number of nitriles is 1. The molecule has 1 fully saturated rings. The lowest BCUT2D eigenvalue weighted by atomic mass is 9.66. The lowest BCUT2D eigenvalue weighted by Gasteiger charge is -2.43. The number of hydrogen-bond acceptors (Lipinski definition) is 3. The maximum Gasteiger partial charge on any atom is 0.119 e. The van der Waals surface area contributed by atoms with Gasteiger partial charge in [0.25, 0.3) is 0 Å².